The quantitative estimate of drug-likeness (QED) is 0.540. The average Bonchev–Trinajstić information content (AvgIpc) is 3.00. The molecule has 7 nitrogen and oxygen atoms in total. The van der Waals surface area contributed by atoms with Crippen LogP contribution in [0, 0.1) is 13.8 Å². The van der Waals surface area contributed by atoms with Gasteiger partial charge in [-0.15, -0.1) is 11.3 Å². The molecule has 2 aromatic rings. The van der Waals surface area contributed by atoms with E-state index in [2.05, 4.69) is 10.3 Å². The average molecular weight is 440 g/mol. The summed E-state index contributed by atoms with van der Waals surface area (Å²) in [5.74, 6) is -0.0386. The smallest absolute Gasteiger partial charge is 0.260 e. The Kier molecular flexibility index (Phi) is 9.37. The molecule has 0 atom stereocenters. The maximum atomic E-state index is 12.6. The lowest BCUT2D eigenvalue weighted by Gasteiger charge is -2.22. The minimum absolute atomic E-state index is 0.0768. The fourth-order valence-corrected chi connectivity index (χ4v) is 3.38. The van der Waals surface area contributed by atoms with Gasteiger partial charge < -0.3 is 19.7 Å². The van der Waals surface area contributed by atoms with Crippen molar-refractivity contribution in [1.29, 1.82) is 0 Å². The number of hydrogen-bond acceptors (Lipinski definition) is 6. The molecule has 0 unspecified atom stereocenters. The Morgan fingerprint density at radius 2 is 1.97 bits per heavy atom. The van der Waals surface area contributed by atoms with Gasteiger partial charge in [0.15, 0.2) is 11.7 Å². The Hall–Kier alpha value is -2.16. The van der Waals surface area contributed by atoms with Crippen LogP contribution in [0.1, 0.15) is 23.9 Å². The monoisotopic (exact) mass is 439 g/mol. The van der Waals surface area contributed by atoms with Crippen LogP contribution in [0.4, 0.5) is 5.13 Å². The summed E-state index contributed by atoms with van der Waals surface area (Å²) in [4.78, 5) is 31.9. The van der Waals surface area contributed by atoms with Crippen molar-refractivity contribution in [1.82, 2.24) is 9.88 Å². The summed E-state index contributed by atoms with van der Waals surface area (Å²) in [5, 5.41) is 3.88. The van der Waals surface area contributed by atoms with Crippen LogP contribution in [0.5, 0.6) is 5.75 Å². The lowest BCUT2D eigenvalue weighted by molar-refractivity contribution is -0.136. The second-order valence-corrected chi connectivity index (χ2v) is 7.96. The summed E-state index contributed by atoms with van der Waals surface area (Å²) in [5.41, 5.74) is 0.881. The number of aryl methyl sites for hydroxylation is 2. The van der Waals surface area contributed by atoms with Crippen LogP contribution in [0.25, 0.3) is 0 Å². The van der Waals surface area contributed by atoms with Gasteiger partial charge in [-0.3, -0.25) is 9.59 Å². The molecule has 0 radical (unpaired) electrons. The van der Waals surface area contributed by atoms with E-state index in [-0.39, 0.29) is 25.0 Å². The predicted molar refractivity (Wildman–Crippen MR) is 115 cm³/mol. The molecule has 1 heterocycles. The highest BCUT2D eigenvalue weighted by atomic mass is 35.5. The summed E-state index contributed by atoms with van der Waals surface area (Å²) in [6.07, 6.45) is 0.628. The van der Waals surface area contributed by atoms with Crippen molar-refractivity contribution in [3.05, 3.63) is 39.9 Å². The highest BCUT2D eigenvalue weighted by Crippen LogP contribution is 2.21. The molecular formula is C20H26ClN3O4S. The molecule has 1 N–H and O–H groups in total. The van der Waals surface area contributed by atoms with Crippen LogP contribution in [0.3, 0.4) is 0 Å². The van der Waals surface area contributed by atoms with Gasteiger partial charge in [0, 0.05) is 29.7 Å². The molecule has 0 bridgehead atoms. The van der Waals surface area contributed by atoms with Crippen LogP contribution in [-0.4, -0.2) is 54.6 Å². The number of nitrogens with zero attached hydrogens (tertiary/aromatic N) is 2. The molecule has 1 aromatic heterocycles. The summed E-state index contributed by atoms with van der Waals surface area (Å²) in [7, 11) is 0. The molecule has 1 aromatic carbocycles. The van der Waals surface area contributed by atoms with Crippen LogP contribution in [-0.2, 0) is 14.3 Å². The van der Waals surface area contributed by atoms with Gasteiger partial charge in [-0.25, -0.2) is 4.98 Å². The number of nitrogens with one attached hydrogen (secondary N) is 1. The molecule has 2 amide bonds. The molecule has 0 saturated heterocycles. The molecule has 9 heteroatoms. The lowest BCUT2D eigenvalue weighted by atomic mass is 10.3. The number of rotatable bonds is 11. The Bertz CT molecular complexity index is 791. The Labute approximate surface area is 180 Å². The predicted octanol–water partition coefficient (Wildman–Crippen LogP) is 3.69. The maximum Gasteiger partial charge on any atom is 0.260 e. The maximum absolute atomic E-state index is 12.6. The highest BCUT2D eigenvalue weighted by molar-refractivity contribution is 7.15. The second kappa shape index (κ2) is 11.7. The Balaban J connectivity index is 1.93. The molecule has 0 aliphatic carbocycles. The van der Waals surface area contributed by atoms with Gasteiger partial charge in [-0.2, -0.15) is 0 Å². The van der Waals surface area contributed by atoms with E-state index < -0.39 is 0 Å². The lowest BCUT2D eigenvalue weighted by Crippen LogP contribution is -2.41. The van der Waals surface area contributed by atoms with E-state index in [0.717, 1.165) is 10.6 Å². The van der Waals surface area contributed by atoms with Gasteiger partial charge in [0.05, 0.1) is 5.69 Å². The standard InChI is InChI=1S/C20H26ClN3O4S/c1-4-27-11-5-10-24(12-18(25)23-20-22-14(2)15(3)29-20)19(26)13-28-17-8-6-16(21)7-9-17/h6-9H,4-5,10-13H2,1-3H3,(H,22,23,25). The van der Waals surface area contributed by atoms with Gasteiger partial charge in [-0.1, -0.05) is 11.6 Å². The van der Waals surface area contributed by atoms with Crippen LogP contribution < -0.4 is 10.1 Å². The normalized spacial score (nSPS) is 10.6. The number of anilines is 1. The number of carbonyl (C=O) groups is 2. The Morgan fingerprint density at radius 3 is 2.59 bits per heavy atom. The first-order valence-corrected chi connectivity index (χ1v) is 10.6. The van der Waals surface area contributed by atoms with Gasteiger partial charge >= 0.3 is 0 Å². The molecule has 2 rings (SSSR count). The molecule has 29 heavy (non-hydrogen) atoms. The third-order valence-corrected chi connectivity index (χ3v) is 5.30. The molecule has 0 aliphatic rings. The van der Waals surface area contributed by atoms with E-state index in [4.69, 9.17) is 21.1 Å². The van der Waals surface area contributed by atoms with Crippen molar-refractivity contribution in [3.63, 3.8) is 0 Å². The number of benzene rings is 1. The van der Waals surface area contributed by atoms with Crippen molar-refractivity contribution in [2.45, 2.75) is 27.2 Å². The fraction of sp³-hybridized carbons (Fsp3) is 0.450. The van der Waals surface area contributed by atoms with E-state index in [9.17, 15) is 9.59 Å². The van der Waals surface area contributed by atoms with Gasteiger partial charge in [0.1, 0.15) is 12.3 Å². The van der Waals surface area contributed by atoms with Gasteiger partial charge in [0.25, 0.3) is 5.91 Å². The van der Waals surface area contributed by atoms with Crippen molar-refractivity contribution in [3.8, 4) is 5.75 Å². The van der Waals surface area contributed by atoms with Gasteiger partial charge in [-0.05, 0) is 51.5 Å². The summed E-state index contributed by atoms with van der Waals surface area (Å²) >= 11 is 7.26. The largest absolute Gasteiger partial charge is 0.484 e. The SMILES string of the molecule is CCOCCCN(CC(=O)Nc1nc(C)c(C)s1)C(=O)COc1ccc(Cl)cc1. The number of thiazole rings is 1. The van der Waals surface area contributed by atoms with Crippen molar-refractivity contribution in [2.75, 3.05) is 38.2 Å². The first-order chi connectivity index (χ1) is 13.9. The number of halogens is 1. The second-order valence-electron chi connectivity index (χ2n) is 6.32. The van der Waals surface area contributed by atoms with Crippen molar-refractivity contribution in [2.24, 2.45) is 0 Å². The van der Waals surface area contributed by atoms with Crippen LogP contribution in [0.2, 0.25) is 5.02 Å². The highest BCUT2D eigenvalue weighted by Gasteiger charge is 2.19. The topological polar surface area (TPSA) is 80.8 Å². The zero-order valence-electron chi connectivity index (χ0n) is 16.9. The van der Waals surface area contributed by atoms with Gasteiger partial charge in [0.2, 0.25) is 5.91 Å². The zero-order chi connectivity index (χ0) is 21.2. The minimum Gasteiger partial charge on any atom is -0.484 e. The van der Waals surface area contributed by atoms with E-state index in [1.807, 2.05) is 20.8 Å². The molecular weight excluding hydrogens is 414 g/mol. The third-order valence-electron chi connectivity index (χ3n) is 4.06. The molecule has 0 saturated carbocycles. The van der Waals surface area contributed by atoms with E-state index in [0.29, 0.717) is 42.1 Å². The van der Waals surface area contributed by atoms with E-state index >= 15 is 0 Å². The first kappa shape index (κ1) is 23.1. The fourth-order valence-electron chi connectivity index (χ4n) is 2.42. The molecule has 0 aliphatic heterocycles. The van der Waals surface area contributed by atoms with Crippen molar-refractivity contribution < 1.29 is 19.1 Å². The number of hydrogen-bond donors (Lipinski definition) is 1. The number of aromatic nitrogens is 1. The minimum atomic E-state index is -0.296. The Morgan fingerprint density at radius 1 is 1.24 bits per heavy atom. The van der Waals surface area contributed by atoms with E-state index in [1.54, 1.807) is 24.3 Å². The number of ether oxygens (including phenoxy) is 2. The molecule has 0 fully saturated rings. The van der Waals surface area contributed by atoms with Crippen LogP contribution >= 0.6 is 22.9 Å². The van der Waals surface area contributed by atoms with Crippen molar-refractivity contribution >= 4 is 39.9 Å². The van der Waals surface area contributed by atoms with Crippen LogP contribution in [0.15, 0.2) is 24.3 Å². The first-order valence-electron chi connectivity index (χ1n) is 9.36. The number of amides is 2. The van der Waals surface area contributed by atoms with E-state index in [1.165, 1.54) is 16.2 Å². The number of carbonyl (C=O) groups excluding carboxylic acids is 2. The summed E-state index contributed by atoms with van der Waals surface area (Å²) in [6, 6.07) is 6.75. The zero-order valence-corrected chi connectivity index (χ0v) is 18.4. The summed E-state index contributed by atoms with van der Waals surface area (Å²) < 4.78 is 10.9. The third kappa shape index (κ3) is 8.00. The molecule has 0 spiro atoms. The summed E-state index contributed by atoms with van der Waals surface area (Å²) in [6.45, 7) is 7.02. The molecule has 158 valence electrons.